The lowest BCUT2D eigenvalue weighted by atomic mass is 9.80. The molecule has 0 radical (unpaired) electrons. The van der Waals surface area contributed by atoms with Crippen molar-refractivity contribution in [1.82, 2.24) is 10.6 Å². The van der Waals surface area contributed by atoms with Gasteiger partial charge in [-0.3, -0.25) is 9.59 Å². The van der Waals surface area contributed by atoms with Crippen molar-refractivity contribution in [3.05, 3.63) is 94.1 Å². The molecule has 2 fully saturated rings. The Bertz CT molecular complexity index is 1210. The monoisotopic (exact) mass is 532 g/mol. The van der Waals surface area contributed by atoms with E-state index >= 15 is 0 Å². The summed E-state index contributed by atoms with van der Waals surface area (Å²) in [6.45, 7) is 20.9. The Morgan fingerprint density at radius 1 is 0.744 bits per heavy atom. The molecular weight excluding hydrogens is 492 g/mol. The number of carbonyl (C=O) groups excluding carboxylic acids is 2. The fraction of sp³-hybridized carbons (Fsp3) is 0.438. The van der Waals surface area contributed by atoms with Crippen molar-refractivity contribution >= 4 is 11.8 Å². The van der Waals surface area contributed by atoms with Crippen molar-refractivity contribution in [2.75, 3.05) is 26.3 Å². The topological polar surface area (TPSA) is 92.5 Å². The second-order valence-electron chi connectivity index (χ2n) is 10.9. The molecule has 7 heteroatoms. The van der Waals surface area contributed by atoms with E-state index in [4.69, 9.17) is 14.2 Å². The van der Waals surface area contributed by atoms with Crippen LogP contribution in [0.5, 0.6) is 0 Å². The normalized spacial score (nSPS) is 20.8. The number of aryl methyl sites for hydroxylation is 6. The van der Waals surface area contributed by atoms with E-state index in [2.05, 4.69) is 75.8 Å². The van der Waals surface area contributed by atoms with Gasteiger partial charge in [0.25, 0.3) is 0 Å². The molecule has 2 heterocycles. The average Bonchev–Trinajstić information content (AvgIpc) is 3.81. The molecule has 2 saturated heterocycles. The summed E-state index contributed by atoms with van der Waals surface area (Å²) in [5, 5.41) is 5.99. The number of rotatable bonds is 12. The van der Waals surface area contributed by atoms with Gasteiger partial charge in [-0.05, 0) is 98.2 Å². The molecule has 0 aliphatic carbocycles. The van der Waals surface area contributed by atoms with Crippen LogP contribution in [-0.2, 0) is 35.0 Å². The number of amides is 2. The minimum atomic E-state index is -1.07. The summed E-state index contributed by atoms with van der Waals surface area (Å²) in [6.07, 6.45) is 1.87. The highest BCUT2D eigenvalue weighted by atomic mass is 16.6. The minimum Gasteiger partial charge on any atom is -0.370 e. The summed E-state index contributed by atoms with van der Waals surface area (Å²) in [6, 6.07) is 8.52. The second kappa shape index (κ2) is 11.1. The number of carbonyl (C=O) groups is 2. The maximum Gasteiger partial charge on any atom is 0.243 e. The predicted molar refractivity (Wildman–Crippen MR) is 152 cm³/mol. The first-order chi connectivity index (χ1) is 18.5. The summed E-state index contributed by atoms with van der Waals surface area (Å²) in [4.78, 5) is 25.0. The van der Waals surface area contributed by atoms with E-state index in [-0.39, 0.29) is 37.1 Å². The van der Waals surface area contributed by atoms with E-state index in [0.717, 1.165) is 44.5 Å². The van der Waals surface area contributed by atoms with Crippen LogP contribution in [0.2, 0.25) is 0 Å². The zero-order chi connectivity index (χ0) is 28.5. The second-order valence-corrected chi connectivity index (χ2v) is 10.9. The quantitative estimate of drug-likeness (QED) is 0.318. The van der Waals surface area contributed by atoms with Gasteiger partial charge in [0, 0.05) is 0 Å². The van der Waals surface area contributed by atoms with Crippen LogP contribution in [0.4, 0.5) is 0 Å². The molecule has 2 amide bonds. The van der Waals surface area contributed by atoms with Crippen LogP contribution in [0, 0.1) is 41.5 Å². The van der Waals surface area contributed by atoms with E-state index in [1.54, 1.807) is 0 Å². The van der Waals surface area contributed by atoms with Gasteiger partial charge in [-0.15, -0.1) is 0 Å². The highest BCUT2D eigenvalue weighted by Crippen LogP contribution is 2.49. The molecule has 7 nitrogen and oxygen atoms in total. The van der Waals surface area contributed by atoms with Crippen molar-refractivity contribution in [3.63, 3.8) is 0 Å². The number of ether oxygens (including phenoxy) is 3. The highest BCUT2D eigenvalue weighted by molar-refractivity contribution is 5.87. The molecule has 0 bridgehead atoms. The summed E-state index contributed by atoms with van der Waals surface area (Å²) in [7, 11) is 0. The Morgan fingerprint density at radius 2 is 1.08 bits per heavy atom. The first kappa shape index (κ1) is 28.7. The zero-order valence-electron chi connectivity index (χ0n) is 23.9. The zero-order valence-corrected chi connectivity index (χ0v) is 23.9. The summed E-state index contributed by atoms with van der Waals surface area (Å²) >= 11 is 0. The van der Waals surface area contributed by atoms with Gasteiger partial charge < -0.3 is 24.8 Å². The van der Waals surface area contributed by atoms with Gasteiger partial charge in [0.1, 0.15) is 23.4 Å². The lowest BCUT2D eigenvalue weighted by Crippen LogP contribution is -2.57. The van der Waals surface area contributed by atoms with Gasteiger partial charge in [0.15, 0.2) is 0 Å². The molecule has 2 aromatic rings. The van der Waals surface area contributed by atoms with Crippen LogP contribution in [0.15, 0.2) is 49.6 Å². The van der Waals surface area contributed by atoms with Crippen LogP contribution in [0.1, 0.15) is 44.5 Å². The molecule has 4 atom stereocenters. The molecule has 4 unspecified atom stereocenters. The van der Waals surface area contributed by atoms with E-state index < -0.39 is 11.2 Å². The highest BCUT2D eigenvalue weighted by Gasteiger charge is 2.60. The molecular formula is C32H40N2O5. The molecule has 208 valence electrons. The van der Waals surface area contributed by atoms with E-state index in [1.165, 1.54) is 12.2 Å². The van der Waals surface area contributed by atoms with Crippen LogP contribution >= 0.6 is 0 Å². The van der Waals surface area contributed by atoms with E-state index in [0.29, 0.717) is 13.2 Å². The number of hydrogen-bond acceptors (Lipinski definition) is 5. The fourth-order valence-corrected chi connectivity index (χ4v) is 5.45. The van der Waals surface area contributed by atoms with Crippen molar-refractivity contribution in [3.8, 4) is 0 Å². The molecule has 2 aliphatic heterocycles. The largest absolute Gasteiger partial charge is 0.370 e. The first-order valence-electron chi connectivity index (χ1n) is 13.4. The predicted octanol–water partition coefficient (Wildman–Crippen LogP) is 4.05. The van der Waals surface area contributed by atoms with Gasteiger partial charge in [0.05, 0.1) is 26.3 Å². The lowest BCUT2D eigenvalue weighted by Gasteiger charge is -2.45. The Kier molecular flexibility index (Phi) is 8.17. The molecule has 0 aromatic heterocycles. The maximum absolute atomic E-state index is 12.5. The third kappa shape index (κ3) is 5.71. The van der Waals surface area contributed by atoms with Gasteiger partial charge in [-0.25, -0.2) is 0 Å². The lowest BCUT2D eigenvalue weighted by molar-refractivity contribution is -0.186. The third-order valence-electron chi connectivity index (χ3n) is 8.09. The van der Waals surface area contributed by atoms with Crippen LogP contribution < -0.4 is 10.6 Å². The molecule has 2 aromatic carbocycles. The smallest absolute Gasteiger partial charge is 0.243 e. The summed E-state index contributed by atoms with van der Waals surface area (Å²) < 4.78 is 19.4. The Morgan fingerprint density at radius 3 is 1.38 bits per heavy atom. The van der Waals surface area contributed by atoms with E-state index in [9.17, 15) is 9.59 Å². The van der Waals surface area contributed by atoms with Crippen molar-refractivity contribution < 1.29 is 23.8 Å². The SMILES string of the molecule is C=CC(=O)NCC(OC(CNC(=O)C=C)(c1cc(C)c(C)cc1C)C1CO1)(c1cc(C)c(C)cc1C)C1CO1. The Hall–Kier alpha value is -3.26. The van der Waals surface area contributed by atoms with Gasteiger partial charge >= 0.3 is 0 Å². The van der Waals surface area contributed by atoms with Gasteiger partial charge in [0.2, 0.25) is 11.8 Å². The first-order valence-corrected chi connectivity index (χ1v) is 13.4. The van der Waals surface area contributed by atoms with Gasteiger partial charge in [-0.1, -0.05) is 37.4 Å². The number of nitrogens with one attached hydrogen (secondary N) is 2. The molecule has 39 heavy (non-hydrogen) atoms. The number of hydrogen-bond donors (Lipinski definition) is 2. The van der Waals surface area contributed by atoms with Crippen LogP contribution in [-0.4, -0.2) is 50.3 Å². The minimum absolute atomic E-state index is 0.152. The molecule has 0 saturated carbocycles. The standard InChI is InChI=1S/C32H40N2O5/c1-9-29(35)33-17-31(27-15-37-27,25-13-21(5)19(3)11-23(25)7)39-32(28-16-38-28,18-34-30(36)10-2)26-14-22(6)20(4)12-24(26)8/h9-14,27-28H,1-2,15-18H2,3-8H3,(H,33,35)(H,34,36). The van der Waals surface area contributed by atoms with E-state index in [1.807, 2.05) is 13.8 Å². The Labute approximate surface area is 231 Å². The molecule has 0 spiro atoms. The van der Waals surface area contributed by atoms with Crippen LogP contribution in [0.3, 0.4) is 0 Å². The van der Waals surface area contributed by atoms with Crippen molar-refractivity contribution in [1.29, 1.82) is 0 Å². The van der Waals surface area contributed by atoms with Gasteiger partial charge in [-0.2, -0.15) is 0 Å². The fourth-order valence-electron chi connectivity index (χ4n) is 5.45. The Balaban J connectivity index is 1.97. The number of epoxide rings is 2. The maximum atomic E-state index is 12.5. The van der Waals surface area contributed by atoms with Crippen molar-refractivity contribution in [2.24, 2.45) is 0 Å². The van der Waals surface area contributed by atoms with Crippen LogP contribution in [0.25, 0.3) is 0 Å². The van der Waals surface area contributed by atoms with Crippen molar-refractivity contribution in [2.45, 2.75) is 65.0 Å². The molecule has 2 N–H and O–H groups in total. The molecule has 4 rings (SSSR count). The summed E-state index contributed by atoms with van der Waals surface area (Å²) in [5.74, 6) is -0.610. The molecule has 2 aliphatic rings. The summed E-state index contributed by atoms with van der Waals surface area (Å²) in [5.41, 5.74) is 6.31. The number of benzene rings is 2. The third-order valence-corrected chi connectivity index (χ3v) is 8.09. The average molecular weight is 533 g/mol.